The maximum Gasteiger partial charge on any atom is 0.140 e. The van der Waals surface area contributed by atoms with Gasteiger partial charge in [-0.3, -0.25) is 0 Å². The van der Waals surface area contributed by atoms with Gasteiger partial charge in [0.15, 0.2) is 0 Å². The van der Waals surface area contributed by atoms with Crippen LogP contribution in [0.1, 0.15) is 17.0 Å². The van der Waals surface area contributed by atoms with Crippen molar-refractivity contribution < 1.29 is 4.39 Å². The average molecular weight is 355 g/mol. The number of rotatable bonds is 3. The molecule has 4 aromatic rings. The second-order valence-electron chi connectivity index (χ2n) is 6.06. The molecule has 0 radical (unpaired) electrons. The van der Waals surface area contributed by atoms with E-state index < -0.39 is 0 Å². The summed E-state index contributed by atoms with van der Waals surface area (Å²) in [7, 11) is 0. The van der Waals surface area contributed by atoms with Gasteiger partial charge >= 0.3 is 0 Å². The van der Waals surface area contributed by atoms with E-state index in [4.69, 9.17) is 11.6 Å². The number of hydrogen-bond donors (Lipinski definition) is 0. The Morgan fingerprint density at radius 2 is 2.00 bits per heavy atom. The van der Waals surface area contributed by atoms with Crippen LogP contribution >= 0.6 is 11.6 Å². The van der Waals surface area contributed by atoms with Crippen molar-refractivity contribution in [3.63, 3.8) is 0 Å². The first kappa shape index (κ1) is 15.8. The van der Waals surface area contributed by atoms with Crippen LogP contribution in [0.15, 0.2) is 48.9 Å². The second-order valence-corrected chi connectivity index (χ2v) is 6.49. The van der Waals surface area contributed by atoms with Crippen LogP contribution in [0, 0.1) is 19.7 Å². The zero-order valence-corrected chi connectivity index (χ0v) is 14.6. The predicted octanol–water partition coefficient (Wildman–Crippen LogP) is 4.66. The van der Waals surface area contributed by atoms with Gasteiger partial charge in [-0.1, -0.05) is 17.7 Å². The van der Waals surface area contributed by atoms with Crippen LogP contribution in [0.25, 0.3) is 17.0 Å². The van der Waals surface area contributed by atoms with E-state index in [0.717, 1.165) is 34.0 Å². The summed E-state index contributed by atoms with van der Waals surface area (Å²) in [5, 5.41) is 0.665. The van der Waals surface area contributed by atoms with Crippen molar-refractivity contribution in [1.82, 2.24) is 18.9 Å². The quantitative estimate of drug-likeness (QED) is 0.536. The van der Waals surface area contributed by atoms with E-state index in [1.807, 2.05) is 47.3 Å². The third-order valence-corrected chi connectivity index (χ3v) is 4.62. The fraction of sp³-hybridized carbons (Fsp3) is 0.158. The Morgan fingerprint density at radius 3 is 2.84 bits per heavy atom. The number of hydrogen-bond acceptors (Lipinski definition) is 2. The summed E-state index contributed by atoms with van der Waals surface area (Å²) in [6.07, 6.45) is 5.46. The second kappa shape index (κ2) is 6.01. The van der Waals surface area contributed by atoms with E-state index in [1.165, 1.54) is 12.1 Å². The minimum Gasteiger partial charge on any atom is -0.325 e. The fourth-order valence-electron chi connectivity index (χ4n) is 3.01. The number of benzene rings is 1. The van der Waals surface area contributed by atoms with Crippen LogP contribution in [0.5, 0.6) is 0 Å². The zero-order chi connectivity index (χ0) is 17.6. The molecule has 0 fully saturated rings. The number of imidazole rings is 2. The molecule has 0 bridgehead atoms. The topological polar surface area (TPSA) is 35.1 Å². The van der Waals surface area contributed by atoms with Gasteiger partial charge in [-0.2, -0.15) is 0 Å². The highest BCUT2D eigenvalue weighted by Gasteiger charge is 2.14. The summed E-state index contributed by atoms with van der Waals surface area (Å²) >= 11 is 6.08. The average Bonchev–Trinajstić information content (AvgIpc) is 3.16. The number of nitrogens with zero attached hydrogens (tertiary/aromatic N) is 4. The molecule has 3 aromatic heterocycles. The van der Waals surface area contributed by atoms with Crippen LogP contribution in [0.4, 0.5) is 4.39 Å². The van der Waals surface area contributed by atoms with Gasteiger partial charge in [0.05, 0.1) is 17.3 Å². The maximum absolute atomic E-state index is 13.7. The predicted molar refractivity (Wildman–Crippen MR) is 96.4 cm³/mol. The van der Waals surface area contributed by atoms with Crippen LogP contribution < -0.4 is 0 Å². The molecule has 1 aromatic carbocycles. The summed E-state index contributed by atoms with van der Waals surface area (Å²) in [4.78, 5) is 9.11. The Hall–Kier alpha value is -2.66. The van der Waals surface area contributed by atoms with Gasteiger partial charge in [-0.25, -0.2) is 14.4 Å². The standard InChI is InChI=1S/C19H16ClFN4/c1-12-3-5-15(21)9-16(12)19-22-7-8-24(19)11-17-13(2)25-10-14(20)4-6-18(25)23-17/h3-10H,11H2,1-2H3. The number of aromatic nitrogens is 4. The lowest BCUT2D eigenvalue weighted by atomic mass is 10.1. The first-order chi connectivity index (χ1) is 12.0. The lowest BCUT2D eigenvalue weighted by molar-refractivity contribution is 0.627. The minimum atomic E-state index is -0.270. The molecule has 0 amide bonds. The number of fused-ring (bicyclic) bond motifs is 1. The summed E-state index contributed by atoms with van der Waals surface area (Å²) in [5.74, 6) is 0.459. The molecule has 0 N–H and O–H groups in total. The van der Waals surface area contributed by atoms with Crippen molar-refractivity contribution in [2.45, 2.75) is 20.4 Å². The molecule has 0 aliphatic carbocycles. The monoisotopic (exact) mass is 354 g/mol. The van der Waals surface area contributed by atoms with Gasteiger partial charge in [0.1, 0.15) is 17.3 Å². The Bertz CT molecular complexity index is 1080. The van der Waals surface area contributed by atoms with Gasteiger partial charge in [0.25, 0.3) is 0 Å². The third-order valence-electron chi connectivity index (χ3n) is 4.40. The van der Waals surface area contributed by atoms with Crippen molar-refractivity contribution in [3.05, 3.63) is 76.7 Å². The highest BCUT2D eigenvalue weighted by Crippen LogP contribution is 2.24. The van der Waals surface area contributed by atoms with Crippen LogP contribution in [-0.4, -0.2) is 18.9 Å². The minimum absolute atomic E-state index is 0.270. The Balaban J connectivity index is 1.77. The van der Waals surface area contributed by atoms with Crippen molar-refractivity contribution in [2.24, 2.45) is 0 Å². The number of aryl methyl sites for hydroxylation is 2. The zero-order valence-electron chi connectivity index (χ0n) is 13.9. The van der Waals surface area contributed by atoms with Crippen LogP contribution in [-0.2, 0) is 6.54 Å². The third kappa shape index (κ3) is 2.81. The summed E-state index contributed by atoms with van der Waals surface area (Å²) < 4.78 is 17.6. The summed E-state index contributed by atoms with van der Waals surface area (Å²) in [5.41, 5.74) is 4.56. The van der Waals surface area contributed by atoms with Crippen molar-refractivity contribution in [1.29, 1.82) is 0 Å². The lowest BCUT2D eigenvalue weighted by Crippen LogP contribution is -2.04. The smallest absolute Gasteiger partial charge is 0.140 e. The molecule has 6 heteroatoms. The number of pyridine rings is 1. The Kier molecular flexibility index (Phi) is 3.81. The van der Waals surface area contributed by atoms with Crippen LogP contribution in [0.2, 0.25) is 5.02 Å². The molecule has 0 unspecified atom stereocenters. The highest BCUT2D eigenvalue weighted by molar-refractivity contribution is 6.30. The van der Waals surface area contributed by atoms with Crippen LogP contribution in [0.3, 0.4) is 0 Å². The molecule has 0 saturated carbocycles. The van der Waals surface area contributed by atoms with E-state index in [2.05, 4.69) is 9.97 Å². The number of halogens is 2. The van der Waals surface area contributed by atoms with Gasteiger partial charge in [-0.15, -0.1) is 0 Å². The largest absolute Gasteiger partial charge is 0.325 e. The Morgan fingerprint density at radius 1 is 1.16 bits per heavy atom. The summed E-state index contributed by atoms with van der Waals surface area (Å²) in [6.45, 7) is 4.51. The highest BCUT2D eigenvalue weighted by atomic mass is 35.5. The summed E-state index contributed by atoms with van der Waals surface area (Å²) in [6, 6.07) is 8.46. The molecule has 4 nitrogen and oxygen atoms in total. The SMILES string of the molecule is Cc1ccc(F)cc1-c1nccn1Cc1nc2ccc(Cl)cn2c1C. The normalized spacial score (nSPS) is 11.4. The van der Waals surface area contributed by atoms with Crippen molar-refractivity contribution in [2.75, 3.05) is 0 Å². The van der Waals surface area contributed by atoms with Crippen molar-refractivity contribution >= 4 is 17.2 Å². The molecule has 0 aliphatic heterocycles. The molecule has 0 spiro atoms. The molecular formula is C19H16ClFN4. The molecule has 0 aliphatic rings. The molecule has 3 heterocycles. The van der Waals surface area contributed by atoms with Gasteiger partial charge in [0.2, 0.25) is 0 Å². The molecule has 4 rings (SSSR count). The Labute approximate surface area is 149 Å². The first-order valence-electron chi connectivity index (χ1n) is 7.93. The first-order valence-corrected chi connectivity index (χ1v) is 8.31. The molecule has 0 atom stereocenters. The van der Waals surface area contributed by atoms with E-state index in [1.54, 1.807) is 12.3 Å². The maximum atomic E-state index is 13.7. The van der Waals surface area contributed by atoms with E-state index in [-0.39, 0.29) is 5.82 Å². The molecule has 25 heavy (non-hydrogen) atoms. The fourth-order valence-corrected chi connectivity index (χ4v) is 3.17. The van der Waals surface area contributed by atoms with Gasteiger partial charge in [0, 0.05) is 29.8 Å². The van der Waals surface area contributed by atoms with E-state index in [9.17, 15) is 4.39 Å². The van der Waals surface area contributed by atoms with E-state index >= 15 is 0 Å². The molecule has 126 valence electrons. The molecule has 0 saturated heterocycles. The van der Waals surface area contributed by atoms with Gasteiger partial charge in [-0.05, 0) is 43.7 Å². The van der Waals surface area contributed by atoms with E-state index in [0.29, 0.717) is 11.6 Å². The van der Waals surface area contributed by atoms with Crippen molar-refractivity contribution in [3.8, 4) is 11.4 Å². The van der Waals surface area contributed by atoms with Gasteiger partial charge < -0.3 is 8.97 Å². The molecular weight excluding hydrogens is 339 g/mol. The lowest BCUT2D eigenvalue weighted by Gasteiger charge is -2.09.